The lowest BCUT2D eigenvalue weighted by molar-refractivity contribution is 0.588. The number of aromatic nitrogens is 1. The third kappa shape index (κ3) is 3.14. The summed E-state index contributed by atoms with van der Waals surface area (Å²) in [5.41, 5.74) is 1.24. The lowest BCUT2D eigenvalue weighted by atomic mass is 10.2. The minimum absolute atomic E-state index is 0. The van der Waals surface area contributed by atoms with E-state index in [2.05, 4.69) is 30.2 Å². The maximum absolute atomic E-state index is 4.02. The number of nitrogens with one attached hydrogen (secondary N) is 1. The van der Waals surface area contributed by atoms with Gasteiger partial charge in [0.1, 0.15) is 0 Å². The van der Waals surface area contributed by atoms with Crippen molar-refractivity contribution < 1.29 is 1.43 Å². The first-order valence-corrected chi connectivity index (χ1v) is 3.91. The molecule has 0 radical (unpaired) electrons. The van der Waals surface area contributed by atoms with Gasteiger partial charge in [0.15, 0.2) is 0 Å². The Morgan fingerprint density at radius 3 is 3.00 bits per heavy atom. The molecule has 62 valence electrons. The van der Waals surface area contributed by atoms with Gasteiger partial charge in [0.05, 0.1) is 0 Å². The zero-order chi connectivity index (χ0) is 8.10. The molecule has 0 bridgehead atoms. The van der Waals surface area contributed by atoms with E-state index in [0.717, 1.165) is 6.54 Å². The molecular weight excluding hydrogens is 136 g/mol. The Hall–Kier alpha value is -0.890. The summed E-state index contributed by atoms with van der Waals surface area (Å²) >= 11 is 0. The summed E-state index contributed by atoms with van der Waals surface area (Å²) in [5, 5.41) is 3.32. The van der Waals surface area contributed by atoms with E-state index in [4.69, 9.17) is 0 Å². The van der Waals surface area contributed by atoms with Crippen LogP contribution >= 0.6 is 0 Å². The van der Waals surface area contributed by atoms with Crippen LogP contribution in [0.1, 0.15) is 20.8 Å². The molecule has 0 saturated carbocycles. The van der Waals surface area contributed by atoms with E-state index >= 15 is 0 Å². The summed E-state index contributed by atoms with van der Waals surface area (Å²) in [5.74, 6) is 0. The Bertz CT molecular complexity index is 199. The quantitative estimate of drug-likeness (QED) is 0.714. The third-order valence-corrected chi connectivity index (χ3v) is 1.44. The Kier molecular flexibility index (Phi) is 3.05. The molecule has 1 heterocycles. The van der Waals surface area contributed by atoms with Crippen LogP contribution in [-0.2, 0) is 6.54 Å². The highest BCUT2D eigenvalue weighted by Crippen LogP contribution is 1.94. The molecule has 0 aliphatic heterocycles. The topological polar surface area (TPSA) is 24.9 Å². The van der Waals surface area contributed by atoms with E-state index in [-0.39, 0.29) is 1.43 Å². The molecule has 0 aromatic carbocycles. The second-order valence-corrected chi connectivity index (χ2v) is 2.90. The van der Waals surface area contributed by atoms with Crippen LogP contribution < -0.4 is 5.32 Å². The van der Waals surface area contributed by atoms with Crippen LogP contribution in [0.2, 0.25) is 0 Å². The lowest BCUT2D eigenvalue weighted by Crippen LogP contribution is -2.21. The zero-order valence-corrected chi connectivity index (χ0v) is 7.04. The maximum Gasteiger partial charge on any atom is 0.0312 e. The normalized spacial score (nSPS) is 10.5. The molecule has 1 aromatic rings. The van der Waals surface area contributed by atoms with Gasteiger partial charge in [0, 0.05) is 26.4 Å². The van der Waals surface area contributed by atoms with Crippen LogP contribution in [0.25, 0.3) is 0 Å². The second kappa shape index (κ2) is 4.09. The molecule has 1 rings (SSSR count). The van der Waals surface area contributed by atoms with Crippen LogP contribution in [0.3, 0.4) is 0 Å². The fourth-order valence-electron chi connectivity index (χ4n) is 0.825. The van der Waals surface area contributed by atoms with Gasteiger partial charge in [-0.2, -0.15) is 0 Å². The first-order valence-electron chi connectivity index (χ1n) is 3.91. The smallest absolute Gasteiger partial charge is 0.0312 e. The van der Waals surface area contributed by atoms with E-state index < -0.39 is 0 Å². The van der Waals surface area contributed by atoms with E-state index in [1.54, 1.807) is 6.20 Å². The largest absolute Gasteiger partial charge is 0.310 e. The molecule has 0 saturated heterocycles. The number of hydrogen-bond donors (Lipinski definition) is 1. The predicted octanol–water partition coefficient (Wildman–Crippen LogP) is 1.83. The van der Waals surface area contributed by atoms with Crippen molar-refractivity contribution in [3.05, 3.63) is 30.1 Å². The van der Waals surface area contributed by atoms with Crippen LogP contribution in [0.5, 0.6) is 0 Å². The van der Waals surface area contributed by atoms with Crippen molar-refractivity contribution in [3.63, 3.8) is 0 Å². The average Bonchev–Trinajstić information content (AvgIpc) is 2.03. The summed E-state index contributed by atoms with van der Waals surface area (Å²) in [6, 6.07) is 4.56. The molecule has 1 aromatic heterocycles. The van der Waals surface area contributed by atoms with Crippen LogP contribution in [-0.4, -0.2) is 11.0 Å². The summed E-state index contributed by atoms with van der Waals surface area (Å²) in [4.78, 5) is 4.02. The van der Waals surface area contributed by atoms with Gasteiger partial charge in [0.25, 0.3) is 0 Å². The molecule has 2 heteroatoms. The Morgan fingerprint density at radius 1 is 1.64 bits per heavy atom. The molecule has 0 aliphatic carbocycles. The first kappa shape index (κ1) is 8.21. The van der Waals surface area contributed by atoms with Gasteiger partial charge in [-0.25, -0.2) is 0 Å². The number of rotatable bonds is 3. The molecule has 0 unspecified atom stereocenters. The molecule has 0 fully saturated rings. The van der Waals surface area contributed by atoms with Gasteiger partial charge in [-0.1, -0.05) is 19.9 Å². The lowest BCUT2D eigenvalue weighted by Gasteiger charge is -2.06. The van der Waals surface area contributed by atoms with Crippen molar-refractivity contribution in [3.8, 4) is 0 Å². The molecule has 0 amide bonds. The SMILES string of the molecule is CC(C)NCc1cccnc1.[HH]. The summed E-state index contributed by atoms with van der Waals surface area (Å²) in [6.45, 7) is 5.18. The van der Waals surface area contributed by atoms with Crippen molar-refractivity contribution in [2.24, 2.45) is 0 Å². The van der Waals surface area contributed by atoms with E-state index in [1.807, 2.05) is 12.3 Å². The van der Waals surface area contributed by atoms with Crippen LogP contribution in [0.15, 0.2) is 24.5 Å². The monoisotopic (exact) mass is 152 g/mol. The Morgan fingerprint density at radius 2 is 2.45 bits per heavy atom. The minimum Gasteiger partial charge on any atom is -0.310 e. The molecular formula is C9H16N2. The highest BCUT2D eigenvalue weighted by Gasteiger charge is 1.92. The molecule has 0 atom stereocenters. The maximum atomic E-state index is 4.02. The van der Waals surface area contributed by atoms with Crippen molar-refractivity contribution in [2.45, 2.75) is 26.4 Å². The number of nitrogens with zero attached hydrogens (tertiary/aromatic N) is 1. The van der Waals surface area contributed by atoms with Gasteiger partial charge < -0.3 is 5.32 Å². The summed E-state index contributed by atoms with van der Waals surface area (Å²) in [6.07, 6.45) is 3.67. The minimum atomic E-state index is 0. The van der Waals surface area contributed by atoms with Crippen molar-refractivity contribution in [2.75, 3.05) is 0 Å². The van der Waals surface area contributed by atoms with E-state index in [1.165, 1.54) is 5.56 Å². The van der Waals surface area contributed by atoms with Crippen molar-refractivity contribution >= 4 is 0 Å². The van der Waals surface area contributed by atoms with Crippen LogP contribution in [0, 0.1) is 0 Å². The average molecular weight is 152 g/mol. The summed E-state index contributed by atoms with van der Waals surface area (Å²) < 4.78 is 0. The van der Waals surface area contributed by atoms with E-state index in [0.29, 0.717) is 6.04 Å². The highest BCUT2D eigenvalue weighted by atomic mass is 14.9. The van der Waals surface area contributed by atoms with Crippen molar-refractivity contribution in [1.29, 1.82) is 0 Å². The molecule has 1 N–H and O–H groups in total. The highest BCUT2D eigenvalue weighted by molar-refractivity contribution is 5.07. The van der Waals surface area contributed by atoms with E-state index in [9.17, 15) is 0 Å². The first-order chi connectivity index (χ1) is 5.29. The predicted molar refractivity (Wildman–Crippen MR) is 48.3 cm³/mol. The van der Waals surface area contributed by atoms with Gasteiger partial charge in [-0.05, 0) is 11.6 Å². The van der Waals surface area contributed by atoms with Gasteiger partial charge in [-0.3, -0.25) is 4.98 Å². The number of hydrogen-bond acceptors (Lipinski definition) is 2. The Labute approximate surface area is 69.1 Å². The summed E-state index contributed by atoms with van der Waals surface area (Å²) in [7, 11) is 0. The molecule has 0 spiro atoms. The fourth-order valence-corrected chi connectivity index (χ4v) is 0.825. The fraction of sp³-hybridized carbons (Fsp3) is 0.444. The Balaban J connectivity index is 0.00000121. The third-order valence-electron chi connectivity index (χ3n) is 1.44. The molecule has 11 heavy (non-hydrogen) atoms. The second-order valence-electron chi connectivity index (χ2n) is 2.90. The molecule has 0 aliphatic rings. The molecule has 2 nitrogen and oxygen atoms in total. The van der Waals surface area contributed by atoms with Gasteiger partial charge in [0.2, 0.25) is 0 Å². The van der Waals surface area contributed by atoms with Gasteiger partial charge in [-0.15, -0.1) is 0 Å². The van der Waals surface area contributed by atoms with Crippen molar-refractivity contribution in [1.82, 2.24) is 10.3 Å². The number of pyridine rings is 1. The zero-order valence-electron chi connectivity index (χ0n) is 7.04. The standard InChI is InChI=1S/C9H14N2.H2/c1-8(2)11-7-9-4-3-5-10-6-9;/h3-6,8,11H,7H2,1-2H3;1H. The van der Waals surface area contributed by atoms with Gasteiger partial charge >= 0.3 is 0 Å². The van der Waals surface area contributed by atoms with Crippen LogP contribution in [0.4, 0.5) is 0 Å².